The third kappa shape index (κ3) is 5.57. The molecule has 0 aromatic carbocycles. The number of rotatable bonds is 4. The van der Waals surface area contributed by atoms with Gasteiger partial charge in [-0.25, -0.2) is 0 Å². The first-order valence-corrected chi connectivity index (χ1v) is 8.70. The van der Waals surface area contributed by atoms with Gasteiger partial charge >= 0.3 is 11.9 Å². The number of esters is 2. The minimum Gasteiger partial charge on any atom is -0.460 e. The van der Waals surface area contributed by atoms with Crippen LogP contribution < -0.4 is 0 Å². The Morgan fingerprint density at radius 3 is 2.00 bits per heavy atom. The average molecular weight is 452 g/mol. The van der Waals surface area contributed by atoms with Gasteiger partial charge in [0.2, 0.25) is 5.78 Å². The number of allylic oxidation sites excluding steroid dienone is 2. The fraction of sp³-hybridized carbons (Fsp3) is 0.562. The van der Waals surface area contributed by atoms with Crippen molar-refractivity contribution in [3.8, 4) is 0 Å². The highest BCUT2D eigenvalue weighted by Gasteiger charge is 2.39. The molecule has 0 radical (unpaired) electrons. The zero-order valence-corrected chi connectivity index (χ0v) is 16.9. The van der Waals surface area contributed by atoms with Crippen molar-refractivity contribution < 1.29 is 23.9 Å². The van der Waals surface area contributed by atoms with Crippen LogP contribution in [0.15, 0.2) is 21.1 Å². The highest BCUT2D eigenvalue weighted by Crippen LogP contribution is 2.36. The van der Waals surface area contributed by atoms with Crippen LogP contribution in [0.1, 0.15) is 41.0 Å². The summed E-state index contributed by atoms with van der Waals surface area (Å²) in [7, 11) is 0. The summed E-state index contributed by atoms with van der Waals surface area (Å²) in [4.78, 5) is 35.7. The molecule has 0 N–H and O–H groups in total. The Labute approximate surface area is 152 Å². The normalized spacial score (nSPS) is 17.5. The summed E-state index contributed by atoms with van der Waals surface area (Å²) < 4.78 is 11.2. The van der Waals surface area contributed by atoms with Gasteiger partial charge in [-0.05, 0) is 64.8 Å². The smallest absolute Gasteiger partial charge is 0.318 e. The number of halogens is 2. The van der Waals surface area contributed by atoms with E-state index < -0.39 is 29.6 Å². The maximum atomic E-state index is 12.1. The van der Waals surface area contributed by atoms with Crippen molar-refractivity contribution in [3.05, 3.63) is 21.1 Å². The molecule has 0 atom stereocenters. The predicted octanol–water partition coefficient (Wildman–Crippen LogP) is 3.80. The Morgan fingerprint density at radius 2 is 1.61 bits per heavy atom. The summed E-state index contributed by atoms with van der Waals surface area (Å²) in [5, 5.41) is 0. The molecule has 0 spiro atoms. The molecule has 128 valence electrons. The van der Waals surface area contributed by atoms with Crippen LogP contribution in [-0.2, 0) is 23.9 Å². The van der Waals surface area contributed by atoms with E-state index >= 15 is 0 Å². The zero-order valence-electron chi connectivity index (χ0n) is 13.7. The molecule has 1 aliphatic carbocycles. The molecule has 23 heavy (non-hydrogen) atoms. The van der Waals surface area contributed by atoms with Crippen molar-refractivity contribution >= 4 is 49.6 Å². The summed E-state index contributed by atoms with van der Waals surface area (Å²) in [6.07, 6.45) is 2.59. The van der Waals surface area contributed by atoms with Gasteiger partial charge in [-0.2, -0.15) is 0 Å². The Bertz CT molecular complexity index is 560. The SMILES string of the molecule is CC(C)C1(OC(=O)CC(=O)OC(C)(C)C)C=C(Br)C(=O)C(Br)=C1. The van der Waals surface area contributed by atoms with E-state index in [1.54, 1.807) is 20.8 Å². The predicted molar refractivity (Wildman–Crippen MR) is 93.2 cm³/mol. The molecule has 0 fully saturated rings. The molecule has 7 heteroatoms. The van der Waals surface area contributed by atoms with Gasteiger partial charge in [0.1, 0.15) is 12.0 Å². The van der Waals surface area contributed by atoms with Gasteiger partial charge in [0.25, 0.3) is 0 Å². The van der Waals surface area contributed by atoms with Crippen molar-refractivity contribution in [2.24, 2.45) is 5.92 Å². The Kier molecular flexibility index (Phi) is 6.38. The summed E-state index contributed by atoms with van der Waals surface area (Å²) in [5.74, 6) is -1.74. The van der Waals surface area contributed by atoms with E-state index in [-0.39, 0.29) is 11.7 Å². The first-order valence-electron chi connectivity index (χ1n) is 7.11. The Balaban J connectivity index is 2.92. The quantitative estimate of drug-likeness (QED) is 0.480. The van der Waals surface area contributed by atoms with E-state index in [9.17, 15) is 14.4 Å². The monoisotopic (exact) mass is 450 g/mol. The van der Waals surface area contributed by atoms with Crippen LogP contribution >= 0.6 is 31.9 Å². The molecule has 1 aliphatic rings. The largest absolute Gasteiger partial charge is 0.460 e. The standard InChI is InChI=1S/C16H20Br2O5/c1-9(2)16(7-10(17)14(21)11(18)8-16)23-13(20)6-12(19)22-15(3,4)5/h7-9H,6H2,1-5H3. The zero-order chi connectivity index (χ0) is 18.0. The lowest BCUT2D eigenvalue weighted by Gasteiger charge is -2.34. The van der Waals surface area contributed by atoms with E-state index in [2.05, 4.69) is 31.9 Å². The Hall–Kier alpha value is -0.950. The van der Waals surface area contributed by atoms with Gasteiger partial charge in [-0.15, -0.1) is 0 Å². The maximum Gasteiger partial charge on any atom is 0.318 e. The molecule has 0 saturated carbocycles. The second kappa shape index (κ2) is 7.30. The second-order valence-electron chi connectivity index (χ2n) is 6.56. The minimum atomic E-state index is -1.11. The molecule has 0 unspecified atom stereocenters. The van der Waals surface area contributed by atoms with E-state index in [0.717, 1.165) is 0 Å². The molecule has 0 bridgehead atoms. The molecule has 0 heterocycles. The lowest BCUT2D eigenvalue weighted by atomic mass is 9.86. The molecular formula is C16H20Br2O5. The number of carbonyl (C=O) groups is 3. The first kappa shape index (κ1) is 20.1. The first-order chi connectivity index (χ1) is 10.4. The highest BCUT2D eigenvalue weighted by atomic mass is 79.9. The minimum absolute atomic E-state index is 0.140. The van der Waals surface area contributed by atoms with Crippen molar-refractivity contribution in [2.75, 3.05) is 0 Å². The number of ketones is 1. The summed E-state index contributed by atoms with van der Waals surface area (Å²) >= 11 is 6.35. The number of hydrogen-bond acceptors (Lipinski definition) is 5. The fourth-order valence-corrected chi connectivity index (χ4v) is 3.33. The van der Waals surface area contributed by atoms with Crippen LogP contribution in [0, 0.1) is 5.92 Å². The van der Waals surface area contributed by atoms with Crippen LogP contribution in [-0.4, -0.2) is 28.9 Å². The molecule has 1 rings (SSSR count). The summed E-state index contributed by atoms with van der Waals surface area (Å²) in [5.41, 5.74) is -1.78. The summed E-state index contributed by atoms with van der Waals surface area (Å²) in [6, 6.07) is 0. The van der Waals surface area contributed by atoms with E-state index in [0.29, 0.717) is 8.96 Å². The molecule has 0 aromatic rings. The molecule has 0 aromatic heterocycles. The molecule has 5 nitrogen and oxygen atoms in total. The third-order valence-electron chi connectivity index (χ3n) is 3.04. The third-order valence-corrected chi connectivity index (χ3v) is 4.22. The van der Waals surface area contributed by atoms with Gasteiger partial charge in [0.15, 0.2) is 5.60 Å². The van der Waals surface area contributed by atoms with Gasteiger partial charge in [0.05, 0.1) is 8.96 Å². The van der Waals surface area contributed by atoms with Crippen LogP contribution in [0.3, 0.4) is 0 Å². The average Bonchev–Trinajstić information content (AvgIpc) is 2.32. The number of ether oxygens (including phenoxy) is 2. The van der Waals surface area contributed by atoms with Crippen LogP contribution in [0.2, 0.25) is 0 Å². The van der Waals surface area contributed by atoms with Crippen molar-refractivity contribution in [1.82, 2.24) is 0 Å². The van der Waals surface area contributed by atoms with Crippen LogP contribution in [0.5, 0.6) is 0 Å². The summed E-state index contributed by atoms with van der Waals surface area (Å²) in [6.45, 7) is 8.86. The number of carbonyl (C=O) groups excluding carboxylic acids is 3. The highest BCUT2D eigenvalue weighted by molar-refractivity contribution is 9.13. The molecule has 0 aliphatic heterocycles. The number of Topliss-reactive ketones (excluding diaryl/α,β-unsaturated/α-hetero) is 1. The van der Waals surface area contributed by atoms with Crippen molar-refractivity contribution in [2.45, 2.75) is 52.2 Å². The van der Waals surface area contributed by atoms with Crippen LogP contribution in [0.25, 0.3) is 0 Å². The van der Waals surface area contributed by atoms with Crippen molar-refractivity contribution in [3.63, 3.8) is 0 Å². The van der Waals surface area contributed by atoms with Crippen molar-refractivity contribution in [1.29, 1.82) is 0 Å². The van der Waals surface area contributed by atoms with Gasteiger partial charge in [0, 0.05) is 5.92 Å². The topological polar surface area (TPSA) is 69.7 Å². The lowest BCUT2D eigenvalue weighted by molar-refractivity contribution is -0.166. The van der Waals surface area contributed by atoms with Gasteiger partial charge in [-0.3, -0.25) is 14.4 Å². The number of hydrogen-bond donors (Lipinski definition) is 0. The van der Waals surface area contributed by atoms with E-state index in [4.69, 9.17) is 9.47 Å². The fourth-order valence-electron chi connectivity index (χ4n) is 1.92. The maximum absolute atomic E-state index is 12.1. The lowest BCUT2D eigenvalue weighted by Crippen LogP contribution is -2.40. The van der Waals surface area contributed by atoms with Gasteiger partial charge in [-0.1, -0.05) is 13.8 Å². The second-order valence-corrected chi connectivity index (χ2v) is 8.27. The van der Waals surface area contributed by atoms with E-state index in [1.165, 1.54) is 12.2 Å². The van der Waals surface area contributed by atoms with Crippen LogP contribution in [0.4, 0.5) is 0 Å². The molecule has 0 amide bonds. The van der Waals surface area contributed by atoms with E-state index in [1.807, 2.05) is 13.8 Å². The molecule has 0 saturated heterocycles. The van der Waals surface area contributed by atoms with Gasteiger partial charge < -0.3 is 9.47 Å². The molecular weight excluding hydrogens is 432 g/mol. The Morgan fingerprint density at radius 1 is 1.13 bits per heavy atom.